The molecular formula is C7H5ClN3. The van der Waals surface area contributed by atoms with E-state index in [4.69, 9.17) is 11.6 Å². The molecule has 11 heavy (non-hydrogen) atoms. The van der Waals surface area contributed by atoms with E-state index >= 15 is 0 Å². The van der Waals surface area contributed by atoms with E-state index in [0.29, 0.717) is 5.15 Å². The van der Waals surface area contributed by atoms with Crippen molar-refractivity contribution in [2.75, 3.05) is 0 Å². The molecule has 55 valence electrons. The summed E-state index contributed by atoms with van der Waals surface area (Å²) >= 11 is 5.65. The Morgan fingerprint density at radius 2 is 2.36 bits per heavy atom. The maximum Gasteiger partial charge on any atom is 0.154 e. The minimum Gasteiger partial charge on any atom is -0.232 e. The van der Waals surface area contributed by atoms with Gasteiger partial charge in [0.15, 0.2) is 5.65 Å². The fourth-order valence-electron chi connectivity index (χ4n) is 0.911. The molecule has 0 aliphatic heterocycles. The summed E-state index contributed by atoms with van der Waals surface area (Å²) in [5.74, 6) is 0. The highest BCUT2D eigenvalue weighted by Gasteiger charge is 1.98. The van der Waals surface area contributed by atoms with Crippen molar-refractivity contribution in [1.29, 1.82) is 0 Å². The normalized spacial score (nSPS) is 10.7. The lowest BCUT2D eigenvalue weighted by atomic mass is 10.6. The number of nitrogens with zero attached hydrogens (tertiary/aromatic N) is 3. The number of aryl methyl sites for hydroxylation is 1. The zero-order chi connectivity index (χ0) is 7.84. The smallest absolute Gasteiger partial charge is 0.154 e. The lowest BCUT2D eigenvalue weighted by molar-refractivity contribution is 0.928. The Morgan fingerprint density at radius 1 is 1.55 bits per heavy atom. The number of fused-ring (bicyclic) bond motifs is 1. The molecule has 2 aromatic rings. The van der Waals surface area contributed by atoms with Gasteiger partial charge in [0.05, 0.1) is 5.69 Å². The van der Waals surface area contributed by atoms with Gasteiger partial charge in [0.2, 0.25) is 0 Å². The van der Waals surface area contributed by atoms with Crippen LogP contribution in [0.5, 0.6) is 0 Å². The fourth-order valence-corrected chi connectivity index (χ4v) is 1.05. The monoisotopic (exact) mass is 166 g/mol. The van der Waals surface area contributed by atoms with Crippen LogP contribution in [0.4, 0.5) is 0 Å². The van der Waals surface area contributed by atoms with Crippen molar-refractivity contribution in [2.24, 2.45) is 0 Å². The number of halogens is 1. The summed E-state index contributed by atoms with van der Waals surface area (Å²) in [5, 5.41) is 4.41. The molecule has 0 unspecified atom stereocenters. The summed E-state index contributed by atoms with van der Waals surface area (Å²) in [4.78, 5) is 4.14. The first-order valence-electron chi connectivity index (χ1n) is 3.17. The van der Waals surface area contributed by atoms with Crippen LogP contribution in [0.2, 0.25) is 5.15 Å². The molecule has 0 atom stereocenters. The van der Waals surface area contributed by atoms with Crippen LogP contribution >= 0.6 is 11.6 Å². The van der Waals surface area contributed by atoms with Crippen LogP contribution in [0.3, 0.4) is 0 Å². The first-order valence-corrected chi connectivity index (χ1v) is 3.55. The highest BCUT2D eigenvalue weighted by molar-refractivity contribution is 6.29. The van der Waals surface area contributed by atoms with Gasteiger partial charge < -0.3 is 0 Å². The van der Waals surface area contributed by atoms with E-state index in [2.05, 4.69) is 16.3 Å². The standard InChI is InChI=1S/C7H5ClN3/c1-5-4-11-7(9-5)3-2-6(8)10-11/h2-3H,1H3. The molecule has 2 heterocycles. The molecule has 1 radical (unpaired) electrons. The molecular weight excluding hydrogens is 162 g/mol. The van der Waals surface area contributed by atoms with E-state index in [1.807, 2.05) is 6.92 Å². The molecule has 0 fully saturated rings. The minimum absolute atomic E-state index is 0.450. The zero-order valence-corrected chi connectivity index (χ0v) is 6.63. The summed E-state index contributed by atoms with van der Waals surface area (Å²) in [6, 6.07) is 3.51. The molecule has 0 amide bonds. The van der Waals surface area contributed by atoms with Crippen molar-refractivity contribution in [3.8, 4) is 0 Å². The Balaban J connectivity index is 2.82. The van der Waals surface area contributed by atoms with Crippen LogP contribution in [0.25, 0.3) is 5.65 Å². The van der Waals surface area contributed by atoms with Crippen molar-refractivity contribution in [1.82, 2.24) is 14.6 Å². The molecule has 0 aliphatic carbocycles. The van der Waals surface area contributed by atoms with Crippen LogP contribution in [0.1, 0.15) is 5.69 Å². The van der Waals surface area contributed by atoms with Gasteiger partial charge in [-0.3, -0.25) is 0 Å². The molecule has 0 bridgehead atoms. The van der Waals surface area contributed by atoms with Crippen LogP contribution in [-0.2, 0) is 0 Å². The van der Waals surface area contributed by atoms with Gasteiger partial charge in [-0.15, -0.1) is 0 Å². The Hall–Kier alpha value is -1.09. The molecule has 0 spiro atoms. The van der Waals surface area contributed by atoms with Gasteiger partial charge in [-0.05, 0) is 19.1 Å². The second-order valence-corrected chi connectivity index (χ2v) is 2.62. The summed E-state index contributed by atoms with van der Waals surface area (Å²) in [6.07, 6.45) is 2.91. The molecule has 0 saturated heterocycles. The van der Waals surface area contributed by atoms with Gasteiger partial charge >= 0.3 is 0 Å². The van der Waals surface area contributed by atoms with Gasteiger partial charge in [-0.1, -0.05) is 11.6 Å². The van der Waals surface area contributed by atoms with Gasteiger partial charge in [-0.2, -0.15) is 5.10 Å². The Morgan fingerprint density at radius 3 is 3.18 bits per heavy atom. The molecule has 2 rings (SSSR count). The molecule has 4 heteroatoms. The number of imidazole rings is 1. The third-order valence-corrected chi connectivity index (χ3v) is 1.53. The van der Waals surface area contributed by atoms with Crippen molar-refractivity contribution in [3.63, 3.8) is 0 Å². The summed E-state index contributed by atoms with van der Waals surface area (Å²) in [7, 11) is 0. The average Bonchev–Trinajstić information content (AvgIpc) is 2.27. The minimum atomic E-state index is 0.450. The van der Waals surface area contributed by atoms with E-state index in [1.165, 1.54) is 4.52 Å². The van der Waals surface area contributed by atoms with Crippen LogP contribution in [-0.4, -0.2) is 14.6 Å². The summed E-state index contributed by atoms with van der Waals surface area (Å²) in [5.41, 5.74) is 1.59. The van der Waals surface area contributed by atoms with Crippen molar-refractivity contribution in [2.45, 2.75) is 6.92 Å². The van der Waals surface area contributed by atoms with E-state index in [0.717, 1.165) is 11.3 Å². The predicted molar refractivity (Wildman–Crippen MR) is 41.6 cm³/mol. The first kappa shape index (κ1) is 6.61. The SMILES string of the molecule is Cc1[c]n2nc(Cl)ccc2n1. The van der Waals surface area contributed by atoms with Gasteiger partial charge in [-0.25, -0.2) is 9.50 Å². The maximum atomic E-state index is 5.65. The topological polar surface area (TPSA) is 30.2 Å². The number of hydrogen-bond acceptors (Lipinski definition) is 2. The fraction of sp³-hybridized carbons (Fsp3) is 0.143. The third-order valence-electron chi connectivity index (χ3n) is 1.33. The molecule has 0 aliphatic rings. The summed E-state index contributed by atoms with van der Waals surface area (Å²) < 4.78 is 1.54. The van der Waals surface area contributed by atoms with Crippen LogP contribution in [0, 0.1) is 13.1 Å². The Kier molecular flexibility index (Phi) is 1.32. The molecule has 0 aromatic carbocycles. The molecule has 0 N–H and O–H groups in total. The summed E-state index contributed by atoms with van der Waals surface area (Å²) in [6.45, 7) is 1.86. The van der Waals surface area contributed by atoms with E-state index in [-0.39, 0.29) is 0 Å². The van der Waals surface area contributed by atoms with Gasteiger partial charge in [0.25, 0.3) is 0 Å². The van der Waals surface area contributed by atoms with Crippen molar-refractivity contribution >= 4 is 17.2 Å². The zero-order valence-electron chi connectivity index (χ0n) is 5.87. The maximum absolute atomic E-state index is 5.65. The third kappa shape index (κ3) is 1.07. The largest absolute Gasteiger partial charge is 0.232 e. The van der Waals surface area contributed by atoms with Crippen molar-refractivity contribution in [3.05, 3.63) is 29.2 Å². The average molecular weight is 167 g/mol. The molecule has 0 saturated carbocycles. The Labute approximate surface area is 68.6 Å². The van der Waals surface area contributed by atoms with Gasteiger partial charge in [0.1, 0.15) is 11.3 Å². The highest BCUT2D eigenvalue weighted by Crippen LogP contribution is 2.06. The van der Waals surface area contributed by atoms with Crippen LogP contribution in [0.15, 0.2) is 12.1 Å². The lowest BCUT2D eigenvalue weighted by Gasteiger charge is -1.89. The number of rotatable bonds is 0. The van der Waals surface area contributed by atoms with Gasteiger partial charge in [0, 0.05) is 0 Å². The van der Waals surface area contributed by atoms with E-state index in [9.17, 15) is 0 Å². The number of aromatic nitrogens is 3. The predicted octanol–water partition coefficient (Wildman–Crippen LogP) is 1.49. The molecule has 3 nitrogen and oxygen atoms in total. The second-order valence-electron chi connectivity index (χ2n) is 2.24. The second kappa shape index (κ2) is 2.20. The highest BCUT2D eigenvalue weighted by atomic mass is 35.5. The van der Waals surface area contributed by atoms with E-state index < -0.39 is 0 Å². The first-order chi connectivity index (χ1) is 5.25. The lowest BCUT2D eigenvalue weighted by Crippen LogP contribution is -1.88. The molecule has 2 aromatic heterocycles. The van der Waals surface area contributed by atoms with Crippen molar-refractivity contribution < 1.29 is 0 Å². The Bertz CT molecular complexity index is 393. The quantitative estimate of drug-likeness (QED) is 0.594. The van der Waals surface area contributed by atoms with E-state index in [1.54, 1.807) is 12.1 Å². The number of hydrogen-bond donors (Lipinski definition) is 0. The van der Waals surface area contributed by atoms with Crippen LogP contribution < -0.4 is 0 Å².